The van der Waals surface area contributed by atoms with Crippen molar-refractivity contribution in [3.05, 3.63) is 48.7 Å². The van der Waals surface area contributed by atoms with Gasteiger partial charge in [0, 0.05) is 14.3 Å². The minimum Gasteiger partial charge on any atom is -0.478 e. The van der Waals surface area contributed by atoms with Gasteiger partial charge in [-0.05, 0) is 121 Å². The molecular weight excluding hydrogens is 1020 g/mol. The van der Waals surface area contributed by atoms with Crippen molar-refractivity contribution in [3.8, 4) is 5.75 Å². The van der Waals surface area contributed by atoms with Crippen LogP contribution in [0.1, 0.15) is 40.0 Å². The van der Waals surface area contributed by atoms with Crippen molar-refractivity contribution in [1.29, 1.82) is 0 Å². The molecule has 216 valence electrons. The molecule has 4 unspecified atom stereocenters. The van der Waals surface area contributed by atoms with E-state index in [1.165, 1.54) is 0 Å². The highest BCUT2D eigenvalue weighted by molar-refractivity contribution is 14.1. The highest BCUT2D eigenvalue weighted by Crippen LogP contribution is 2.51. The summed E-state index contributed by atoms with van der Waals surface area (Å²) in [7, 11) is -5.68. The predicted octanol–water partition coefficient (Wildman–Crippen LogP) is 5.78. The Morgan fingerprint density at radius 1 is 0.775 bits per heavy atom. The summed E-state index contributed by atoms with van der Waals surface area (Å²) < 4.78 is 100. The minimum absolute atomic E-state index is 0.0311. The Bertz CT molecular complexity index is 1570. The highest BCUT2D eigenvalue weighted by Gasteiger charge is 2.51. The van der Waals surface area contributed by atoms with Crippen molar-refractivity contribution < 1.29 is 59.5 Å². The first-order chi connectivity index (χ1) is 18.5. The van der Waals surface area contributed by atoms with Crippen LogP contribution in [0.3, 0.4) is 0 Å². The lowest BCUT2D eigenvalue weighted by atomic mass is 9.87. The van der Waals surface area contributed by atoms with Crippen LogP contribution in [0, 0.1) is 55.3 Å². The van der Waals surface area contributed by atoms with Crippen molar-refractivity contribution in [1.82, 2.24) is 0 Å². The number of carbonyl (C=O) groups is 3. The Balaban J connectivity index is 1.51. The summed E-state index contributed by atoms with van der Waals surface area (Å²) in [5, 5.41) is 9.73. The van der Waals surface area contributed by atoms with Gasteiger partial charge in [0.15, 0.2) is 16.5 Å². The van der Waals surface area contributed by atoms with E-state index in [0.717, 1.165) is 0 Å². The maximum Gasteiger partial charge on any atom is 0.340 e. The van der Waals surface area contributed by atoms with Crippen LogP contribution in [-0.4, -0.2) is 42.1 Å². The number of rotatable bonds is 6. The van der Waals surface area contributed by atoms with Gasteiger partial charge in [0.1, 0.15) is 6.10 Å². The number of halogens is 8. The molecule has 0 aliphatic heterocycles. The SMILES string of the molecule is O=C(O)c1c(I)c(I)c(I)c(I)c1C(=O)OC1CC2CC1CC2C(=O)Oc1c(F)c(F)c(S(=O)(=O)O)c(F)c1F. The van der Waals surface area contributed by atoms with E-state index in [1.807, 2.05) is 90.4 Å². The normalized spacial score (nSPS) is 21.9. The molecule has 0 saturated heterocycles. The molecule has 2 aromatic carbocycles. The molecule has 9 nitrogen and oxygen atoms in total. The second kappa shape index (κ2) is 11.8. The molecule has 2 fully saturated rings. The van der Waals surface area contributed by atoms with Crippen LogP contribution in [0.15, 0.2) is 4.90 Å². The summed E-state index contributed by atoms with van der Waals surface area (Å²) >= 11 is 7.68. The van der Waals surface area contributed by atoms with E-state index < -0.39 is 85.8 Å². The quantitative estimate of drug-likeness (QED) is 0.0700. The van der Waals surface area contributed by atoms with E-state index in [-0.39, 0.29) is 24.0 Å². The molecule has 0 radical (unpaired) electrons. The van der Waals surface area contributed by atoms with Crippen LogP contribution in [0.4, 0.5) is 17.6 Å². The third-order valence-electron chi connectivity index (χ3n) is 6.68. The van der Waals surface area contributed by atoms with Crippen LogP contribution in [0.5, 0.6) is 5.75 Å². The number of carboxylic acid groups (broad SMARTS) is 1. The lowest BCUT2D eigenvalue weighted by Gasteiger charge is -2.27. The van der Waals surface area contributed by atoms with Gasteiger partial charge < -0.3 is 14.6 Å². The molecule has 0 heterocycles. The number of hydrogen-bond donors (Lipinski definition) is 2. The lowest BCUT2D eigenvalue weighted by Crippen LogP contribution is -2.33. The lowest BCUT2D eigenvalue weighted by molar-refractivity contribution is -0.141. The molecule has 0 amide bonds. The number of ether oxygens (including phenoxy) is 2. The van der Waals surface area contributed by atoms with Gasteiger partial charge in [-0.2, -0.15) is 17.2 Å². The van der Waals surface area contributed by atoms with E-state index in [9.17, 15) is 45.5 Å². The van der Waals surface area contributed by atoms with Crippen molar-refractivity contribution in [3.63, 3.8) is 0 Å². The summed E-state index contributed by atoms with van der Waals surface area (Å²) in [4.78, 5) is 35.5. The van der Waals surface area contributed by atoms with Gasteiger partial charge in [-0.15, -0.1) is 0 Å². The third kappa shape index (κ3) is 5.68. The van der Waals surface area contributed by atoms with Gasteiger partial charge in [0.05, 0.1) is 17.0 Å². The summed E-state index contributed by atoms with van der Waals surface area (Å²) in [6.07, 6.45) is -0.199. The molecule has 2 aliphatic carbocycles. The van der Waals surface area contributed by atoms with E-state index in [4.69, 9.17) is 9.29 Å². The molecular formula is C22H12F4I4O9S. The Kier molecular flexibility index (Phi) is 9.55. The number of fused-ring (bicyclic) bond motifs is 2. The Hall–Kier alpha value is -0.600. The zero-order valence-electron chi connectivity index (χ0n) is 19.1. The molecule has 18 heteroatoms. The van der Waals surface area contributed by atoms with E-state index >= 15 is 0 Å². The van der Waals surface area contributed by atoms with Crippen molar-refractivity contribution >= 4 is 118 Å². The summed E-state index contributed by atoms with van der Waals surface area (Å²) in [5.41, 5.74) is -0.308. The number of hydrogen-bond acceptors (Lipinski definition) is 7. The molecule has 4 atom stereocenters. The molecule has 0 spiro atoms. The molecule has 2 bridgehead atoms. The van der Waals surface area contributed by atoms with Crippen molar-refractivity contribution in [2.24, 2.45) is 17.8 Å². The zero-order chi connectivity index (χ0) is 30.0. The molecule has 0 aromatic heterocycles. The molecule has 2 aliphatic rings. The first-order valence-electron chi connectivity index (χ1n) is 10.8. The average Bonchev–Trinajstić information content (AvgIpc) is 3.45. The van der Waals surface area contributed by atoms with Gasteiger partial charge in [0.2, 0.25) is 17.4 Å². The Morgan fingerprint density at radius 2 is 1.30 bits per heavy atom. The number of esters is 2. The van der Waals surface area contributed by atoms with Crippen molar-refractivity contribution in [2.75, 3.05) is 0 Å². The Morgan fingerprint density at radius 3 is 1.75 bits per heavy atom. The molecule has 2 aromatic rings. The van der Waals surface area contributed by atoms with Crippen LogP contribution in [0.2, 0.25) is 0 Å². The fourth-order valence-electron chi connectivity index (χ4n) is 4.96. The largest absolute Gasteiger partial charge is 0.478 e. The van der Waals surface area contributed by atoms with Crippen molar-refractivity contribution in [2.45, 2.75) is 30.3 Å². The van der Waals surface area contributed by atoms with Gasteiger partial charge in [-0.1, -0.05) is 0 Å². The van der Waals surface area contributed by atoms with Crippen LogP contribution >= 0.6 is 90.4 Å². The second-order valence-corrected chi connectivity index (χ2v) is 14.6. The topological polar surface area (TPSA) is 144 Å². The second-order valence-electron chi connectivity index (χ2n) is 8.90. The van der Waals surface area contributed by atoms with Gasteiger partial charge in [-0.3, -0.25) is 9.35 Å². The fraction of sp³-hybridized carbons (Fsp3) is 0.318. The molecule has 2 N–H and O–H groups in total. The molecule has 4 rings (SSSR count). The summed E-state index contributed by atoms with van der Waals surface area (Å²) in [5.74, 6) is -16.6. The number of aromatic carboxylic acids is 1. The standard InChI is InChI=1S/C22H12F4I4O9S/c23-10-12(25)19(40(35,36)37)13(26)11(24)18(10)39-21(33)6-2-5-1-4(6)3-7(5)38-22(34)9-8(20(31)32)14(27)16(29)17(30)15(9)28/h4-7H,1-3H2,(H,31,32)(H,35,36,37). The number of benzene rings is 2. The van der Waals surface area contributed by atoms with Crippen LogP contribution in [0.25, 0.3) is 0 Å². The van der Waals surface area contributed by atoms with E-state index in [0.29, 0.717) is 20.7 Å². The average molecular weight is 1040 g/mol. The summed E-state index contributed by atoms with van der Waals surface area (Å²) in [6, 6.07) is 0. The first-order valence-corrected chi connectivity index (χ1v) is 16.6. The maximum absolute atomic E-state index is 14.3. The minimum atomic E-state index is -5.68. The number of carbonyl (C=O) groups excluding carboxylic acids is 2. The monoisotopic (exact) mass is 1040 g/mol. The van der Waals surface area contributed by atoms with E-state index in [2.05, 4.69) is 4.74 Å². The van der Waals surface area contributed by atoms with Crippen LogP contribution in [-0.2, 0) is 19.6 Å². The first kappa shape index (κ1) is 32.3. The summed E-state index contributed by atoms with van der Waals surface area (Å²) in [6.45, 7) is 0. The number of carboxylic acids is 1. The highest BCUT2D eigenvalue weighted by atomic mass is 127. The fourth-order valence-corrected chi connectivity index (χ4v) is 9.23. The van der Waals surface area contributed by atoms with Gasteiger partial charge in [0.25, 0.3) is 0 Å². The third-order valence-corrected chi connectivity index (χ3v) is 15.0. The molecule has 40 heavy (non-hydrogen) atoms. The van der Waals surface area contributed by atoms with Gasteiger partial charge >= 0.3 is 28.0 Å². The predicted molar refractivity (Wildman–Crippen MR) is 160 cm³/mol. The van der Waals surface area contributed by atoms with Crippen LogP contribution < -0.4 is 4.74 Å². The molecule has 2 saturated carbocycles. The van der Waals surface area contributed by atoms with Gasteiger partial charge in [-0.25, -0.2) is 18.4 Å². The maximum atomic E-state index is 14.3. The van der Waals surface area contributed by atoms with E-state index in [1.54, 1.807) is 0 Å². The smallest absolute Gasteiger partial charge is 0.340 e. The zero-order valence-corrected chi connectivity index (χ0v) is 28.6. The Labute approximate surface area is 277 Å².